The summed E-state index contributed by atoms with van der Waals surface area (Å²) < 4.78 is 50.8. The largest absolute Gasteiger partial charge is 0.457 e. The average molecular weight is 705 g/mol. The summed E-state index contributed by atoms with van der Waals surface area (Å²) in [5.74, 6) is -1.85. The number of ether oxygens (including phenoxy) is 1. The number of carbonyl (C=O) groups is 1. The second kappa shape index (κ2) is 11.4. The molecule has 43 heavy (non-hydrogen) atoms. The number of piperazine rings is 1. The zero-order chi connectivity index (χ0) is 31.7. The third-order valence-electron chi connectivity index (χ3n) is 8.64. The fraction of sp³-hybridized carbons (Fsp3) is 0.714. The molecule has 0 aliphatic carbocycles. The molecule has 0 aromatic carbocycles. The molecule has 0 unspecified atom stereocenters. The molecule has 0 N–H and O–H groups in total. The smallest absolute Gasteiger partial charge is 0.444 e. The number of fused-ring (bicyclic) bond motifs is 3. The molecular formula is C28H38BBrClF2N5O4S. The van der Waals surface area contributed by atoms with Gasteiger partial charge in [0.15, 0.2) is 16.1 Å². The second-order valence-electron chi connectivity index (χ2n) is 13.3. The number of pyridine rings is 1. The van der Waals surface area contributed by atoms with Gasteiger partial charge >= 0.3 is 13.2 Å². The number of aromatic nitrogens is 3. The van der Waals surface area contributed by atoms with Gasteiger partial charge in [0, 0.05) is 6.42 Å². The third-order valence-corrected chi connectivity index (χ3v) is 10.2. The number of amides is 1. The van der Waals surface area contributed by atoms with Gasteiger partial charge in [-0.15, -0.1) is 0 Å². The van der Waals surface area contributed by atoms with Crippen LogP contribution in [0, 0.1) is 5.82 Å². The molecule has 2 bridgehead atoms. The van der Waals surface area contributed by atoms with Crippen molar-refractivity contribution in [2.45, 2.75) is 121 Å². The number of hydrogen-bond acceptors (Lipinski definition) is 9. The Hall–Kier alpha value is -1.48. The summed E-state index contributed by atoms with van der Waals surface area (Å²) >= 11 is 10.9. The van der Waals surface area contributed by atoms with Crippen LogP contribution in [0.15, 0.2) is 9.76 Å². The van der Waals surface area contributed by atoms with Gasteiger partial charge in [-0.3, -0.25) is 4.90 Å². The number of carbonyl (C=O) groups excluding carboxylic acids is 1. The Labute approximate surface area is 269 Å². The van der Waals surface area contributed by atoms with Gasteiger partial charge in [-0.05, 0) is 89.3 Å². The quantitative estimate of drug-likeness (QED) is 0.100. The lowest BCUT2D eigenvalue weighted by molar-refractivity contribution is -0.0579. The first-order valence-corrected chi connectivity index (χ1v) is 16.7. The number of thioether (sulfide) groups is 1. The fourth-order valence-electron chi connectivity index (χ4n) is 6.07. The first-order chi connectivity index (χ1) is 19.9. The van der Waals surface area contributed by atoms with Crippen molar-refractivity contribution >= 4 is 69.2 Å². The van der Waals surface area contributed by atoms with Crippen molar-refractivity contribution in [2.75, 3.05) is 17.2 Å². The minimum Gasteiger partial charge on any atom is -0.444 e. The van der Waals surface area contributed by atoms with Crippen molar-refractivity contribution in [3.63, 3.8) is 0 Å². The van der Waals surface area contributed by atoms with Crippen LogP contribution in [0.3, 0.4) is 0 Å². The summed E-state index contributed by atoms with van der Waals surface area (Å²) in [6.07, 6.45) is 0.789. The van der Waals surface area contributed by atoms with Crippen LogP contribution >= 0.6 is 39.3 Å². The molecule has 3 aliphatic heterocycles. The maximum absolute atomic E-state index is 16.9. The topological polar surface area (TPSA) is 89.9 Å². The predicted molar refractivity (Wildman–Crippen MR) is 168 cm³/mol. The Balaban J connectivity index is 1.61. The Morgan fingerprint density at radius 3 is 2.47 bits per heavy atom. The Kier molecular flexibility index (Phi) is 8.72. The van der Waals surface area contributed by atoms with Crippen molar-refractivity contribution in [3.05, 3.63) is 15.6 Å². The van der Waals surface area contributed by atoms with E-state index in [4.69, 9.17) is 30.6 Å². The molecule has 5 rings (SSSR count). The third kappa shape index (κ3) is 6.07. The van der Waals surface area contributed by atoms with E-state index < -0.39 is 53.7 Å². The van der Waals surface area contributed by atoms with Gasteiger partial charge in [0.1, 0.15) is 21.5 Å². The molecule has 9 nitrogen and oxygen atoms in total. The highest BCUT2D eigenvalue weighted by Gasteiger charge is 2.60. The minimum atomic E-state index is -2.03. The number of rotatable bonds is 6. The van der Waals surface area contributed by atoms with E-state index in [1.54, 1.807) is 20.8 Å². The van der Waals surface area contributed by atoms with Crippen LogP contribution in [0.4, 0.5) is 19.4 Å². The summed E-state index contributed by atoms with van der Waals surface area (Å²) in [6.45, 7) is 15.0. The lowest BCUT2D eigenvalue weighted by Gasteiger charge is -2.50. The maximum atomic E-state index is 16.9. The van der Waals surface area contributed by atoms with Crippen molar-refractivity contribution < 1.29 is 27.6 Å². The summed E-state index contributed by atoms with van der Waals surface area (Å²) in [6, 6.07) is -0.978. The molecule has 0 saturated carbocycles. The zero-order valence-corrected chi connectivity index (χ0v) is 28.9. The van der Waals surface area contributed by atoms with Crippen molar-refractivity contribution in [2.24, 2.45) is 0 Å². The fourth-order valence-corrected chi connectivity index (χ4v) is 7.45. The highest BCUT2D eigenvalue weighted by Crippen LogP contribution is 2.49. The maximum Gasteiger partial charge on any atom is 0.457 e. The molecule has 3 atom stereocenters. The van der Waals surface area contributed by atoms with Crippen molar-refractivity contribution in [1.82, 2.24) is 19.9 Å². The van der Waals surface area contributed by atoms with Crippen molar-refractivity contribution in [3.8, 4) is 0 Å². The molecule has 3 aliphatic rings. The number of alkyl halides is 1. The van der Waals surface area contributed by atoms with E-state index in [0.717, 1.165) is 0 Å². The molecule has 15 heteroatoms. The number of nitrogens with zero attached hydrogens (tertiary/aromatic N) is 5. The lowest BCUT2D eigenvalue weighted by atomic mass is 9.79. The standard InChI is InChI=1S/C28H38BBrClF2N5O4S/c1-9-43-23-34-19-17(20(30)35-21(31)18(19)32)22(36-23)37-14-28(33)12-10-16(38(28)24(39)40-25(2,3)4)15(37)11-13-29-41-26(5,6)27(7,8)42-29/h15-16H,9-14H2,1-8H3/t15-,16+,28-/m1/s1. The normalized spacial score (nSPS) is 26.5. The van der Waals surface area contributed by atoms with Crippen LogP contribution in [0.25, 0.3) is 10.9 Å². The van der Waals surface area contributed by atoms with E-state index in [9.17, 15) is 4.79 Å². The average Bonchev–Trinajstić information content (AvgIpc) is 3.26. The summed E-state index contributed by atoms with van der Waals surface area (Å²) in [7, 11) is -0.502. The van der Waals surface area contributed by atoms with Crippen LogP contribution in [-0.4, -0.2) is 80.0 Å². The van der Waals surface area contributed by atoms with Crippen LogP contribution in [-0.2, 0) is 14.0 Å². The molecule has 2 aromatic heterocycles. The van der Waals surface area contributed by atoms with Crippen LogP contribution in [0.1, 0.15) is 74.7 Å². The monoisotopic (exact) mass is 703 g/mol. The van der Waals surface area contributed by atoms with Crippen molar-refractivity contribution in [1.29, 1.82) is 0 Å². The molecule has 3 fully saturated rings. The van der Waals surface area contributed by atoms with Crippen LogP contribution in [0.5, 0.6) is 0 Å². The van der Waals surface area contributed by atoms with Gasteiger partial charge in [-0.1, -0.05) is 30.3 Å². The van der Waals surface area contributed by atoms with Gasteiger partial charge in [-0.2, -0.15) is 0 Å². The first kappa shape index (κ1) is 32.9. The molecule has 3 saturated heterocycles. The minimum absolute atomic E-state index is 0.00707. The van der Waals surface area contributed by atoms with Gasteiger partial charge in [0.2, 0.25) is 5.79 Å². The van der Waals surface area contributed by atoms with Gasteiger partial charge in [-0.25, -0.2) is 28.5 Å². The lowest BCUT2D eigenvalue weighted by Crippen LogP contribution is -2.66. The van der Waals surface area contributed by atoms with E-state index in [0.29, 0.717) is 35.9 Å². The highest BCUT2D eigenvalue weighted by atomic mass is 79.9. The summed E-state index contributed by atoms with van der Waals surface area (Å²) in [5.41, 5.74) is -1.84. The number of anilines is 1. The molecule has 5 heterocycles. The predicted octanol–water partition coefficient (Wildman–Crippen LogP) is 7.43. The first-order valence-electron chi connectivity index (χ1n) is 14.6. The van der Waals surface area contributed by atoms with E-state index in [2.05, 4.69) is 25.9 Å². The molecule has 0 radical (unpaired) electrons. The summed E-state index contributed by atoms with van der Waals surface area (Å²) in [5, 5.41) is 0.292. The van der Waals surface area contributed by atoms with E-state index in [1.165, 1.54) is 16.7 Å². The SMILES string of the molecule is CCSc1nc(N2C[C@@]3(F)CC[C@@H]([C@H]2CCB2OC(C)(C)C(C)(C)O2)N3C(=O)OC(C)(C)C)c2c(Br)nc(Cl)c(F)c2n1. The van der Waals surface area contributed by atoms with E-state index >= 15 is 8.78 Å². The Bertz CT molecular complexity index is 1420. The van der Waals surface area contributed by atoms with Crippen LogP contribution < -0.4 is 4.90 Å². The molecule has 236 valence electrons. The number of hydrogen-bond donors (Lipinski definition) is 0. The van der Waals surface area contributed by atoms with Crippen LogP contribution in [0.2, 0.25) is 11.5 Å². The Morgan fingerprint density at radius 1 is 1.21 bits per heavy atom. The second-order valence-corrected chi connectivity index (χ2v) is 15.7. The summed E-state index contributed by atoms with van der Waals surface area (Å²) in [4.78, 5) is 30.0. The van der Waals surface area contributed by atoms with E-state index in [1.807, 2.05) is 39.5 Å². The molecule has 0 spiro atoms. The highest BCUT2D eigenvalue weighted by molar-refractivity contribution is 9.10. The van der Waals surface area contributed by atoms with Gasteiger partial charge < -0.3 is 18.9 Å². The molecule has 2 aromatic rings. The van der Waals surface area contributed by atoms with Gasteiger partial charge in [0.05, 0.1) is 35.2 Å². The number of halogens is 4. The van der Waals surface area contributed by atoms with Gasteiger partial charge in [0.25, 0.3) is 0 Å². The zero-order valence-electron chi connectivity index (χ0n) is 25.8. The van der Waals surface area contributed by atoms with E-state index in [-0.39, 0.29) is 33.6 Å². The molecular weight excluding hydrogens is 667 g/mol. The Morgan fingerprint density at radius 2 is 1.86 bits per heavy atom. The molecule has 1 amide bonds.